The van der Waals surface area contributed by atoms with Crippen LogP contribution in [0.25, 0.3) is 0 Å². The van der Waals surface area contributed by atoms with Gasteiger partial charge in [0.2, 0.25) is 0 Å². The first-order valence-corrected chi connectivity index (χ1v) is 7.04. The standard InChI is InChI=1S/C14H22N2O4/c1-3-4-14(9-17)5-6-16(8-12(14)18)13(19)11-7-10(2)20-15-11/h7,12,17-18H,3-6,8-9H2,1-2H3/t12-,14+/m0/s1. The van der Waals surface area contributed by atoms with E-state index in [0.717, 1.165) is 12.8 Å². The van der Waals surface area contributed by atoms with Crippen molar-refractivity contribution in [2.45, 2.75) is 39.2 Å². The number of amides is 1. The van der Waals surface area contributed by atoms with E-state index in [1.54, 1.807) is 17.9 Å². The highest BCUT2D eigenvalue weighted by atomic mass is 16.5. The van der Waals surface area contributed by atoms with Crippen LogP contribution in [-0.2, 0) is 0 Å². The van der Waals surface area contributed by atoms with E-state index in [2.05, 4.69) is 5.16 Å². The lowest BCUT2D eigenvalue weighted by atomic mass is 9.73. The molecule has 1 aromatic rings. The molecular formula is C14H22N2O4. The molecule has 1 saturated heterocycles. The molecule has 112 valence electrons. The molecule has 1 fully saturated rings. The van der Waals surface area contributed by atoms with Crippen LogP contribution in [0.1, 0.15) is 42.4 Å². The maximum absolute atomic E-state index is 12.2. The van der Waals surface area contributed by atoms with Gasteiger partial charge in [-0.3, -0.25) is 4.79 Å². The fourth-order valence-corrected chi connectivity index (χ4v) is 2.88. The van der Waals surface area contributed by atoms with Crippen LogP contribution in [-0.4, -0.2) is 52.0 Å². The molecule has 2 rings (SSSR count). The summed E-state index contributed by atoms with van der Waals surface area (Å²) in [6, 6.07) is 1.59. The van der Waals surface area contributed by atoms with Crippen molar-refractivity contribution in [1.29, 1.82) is 0 Å². The van der Waals surface area contributed by atoms with Crippen molar-refractivity contribution in [1.82, 2.24) is 10.1 Å². The largest absolute Gasteiger partial charge is 0.396 e. The van der Waals surface area contributed by atoms with Crippen LogP contribution < -0.4 is 0 Å². The quantitative estimate of drug-likeness (QED) is 0.859. The van der Waals surface area contributed by atoms with Crippen molar-refractivity contribution in [2.24, 2.45) is 5.41 Å². The topological polar surface area (TPSA) is 86.8 Å². The van der Waals surface area contributed by atoms with Gasteiger partial charge < -0.3 is 19.6 Å². The van der Waals surface area contributed by atoms with Crippen molar-refractivity contribution in [3.63, 3.8) is 0 Å². The molecule has 0 unspecified atom stereocenters. The Morgan fingerprint density at radius 3 is 2.90 bits per heavy atom. The van der Waals surface area contributed by atoms with E-state index in [1.807, 2.05) is 6.92 Å². The summed E-state index contributed by atoms with van der Waals surface area (Å²) < 4.78 is 4.90. The summed E-state index contributed by atoms with van der Waals surface area (Å²) >= 11 is 0. The highest BCUT2D eigenvalue weighted by Gasteiger charge is 2.42. The number of hydrogen-bond donors (Lipinski definition) is 2. The number of likely N-dealkylation sites (tertiary alicyclic amines) is 1. The van der Waals surface area contributed by atoms with Gasteiger partial charge in [0.1, 0.15) is 5.76 Å². The van der Waals surface area contributed by atoms with Crippen LogP contribution in [0.15, 0.2) is 10.6 Å². The van der Waals surface area contributed by atoms with Gasteiger partial charge in [0.25, 0.3) is 5.91 Å². The monoisotopic (exact) mass is 282 g/mol. The minimum absolute atomic E-state index is 0.0485. The summed E-state index contributed by atoms with van der Waals surface area (Å²) in [7, 11) is 0. The minimum Gasteiger partial charge on any atom is -0.396 e. The highest BCUT2D eigenvalue weighted by molar-refractivity contribution is 5.92. The minimum atomic E-state index is -0.710. The van der Waals surface area contributed by atoms with Crippen LogP contribution in [0.2, 0.25) is 0 Å². The van der Waals surface area contributed by atoms with Crippen molar-refractivity contribution in [2.75, 3.05) is 19.7 Å². The Morgan fingerprint density at radius 1 is 1.65 bits per heavy atom. The smallest absolute Gasteiger partial charge is 0.276 e. The first-order chi connectivity index (χ1) is 9.52. The number of rotatable bonds is 4. The van der Waals surface area contributed by atoms with Gasteiger partial charge >= 0.3 is 0 Å². The number of aliphatic hydroxyl groups excluding tert-OH is 2. The zero-order chi connectivity index (χ0) is 14.8. The normalized spacial score (nSPS) is 26.8. The molecule has 0 radical (unpaired) electrons. The molecule has 6 nitrogen and oxygen atoms in total. The lowest BCUT2D eigenvalue weighted by Crippen LogP contribution is -2.54. The summed E-state index contributed by atoms with van der Waals surface area (Å²) in [5.74, 6) is 0.352. The number of aromatic nitrogens is 1. The lowest BCUT2D eigenvalue weighted by molar-refractivity contribution is -0.0714. The predicted octanol–water partition coefficient (Wildman–Crippen LogP) is 0.969. The SMILES string of the molecule is CCC[C@]1(CO)CCN(C(=O)c2cc(C)on2)C[C@@H]1O. The summed E-state index contributed by atoms with van der Waals surface area (Å²) in [6.45, 7) is 4.45. The van der Waals surface area contributed by atoms with Gasteiger partial charge in [0.05, 0.1) is 12.7 Å². The Bertz CT molecular complexity index is 473. The van der Waals surface area contributed by atoms with Crippen LogP contribution in [0.4, 0.5) is 0 Å². The van der Waals surface area contributed by atoms with E-state index in [-0.39, 0.29) is 24.8 Å². The van der Waals surface area contributed by atoms with Crippen LogP contribution >= 0.6 is 0 Å². The van der Waals surface area contributed by atoms with Crippen LogP contribution in [0.5, 0.6) is 0 Å². The van der Waals surface area contributed by atoms with Crippen molar-refractivity contribution >= 4 is 5.91 Å². The molecule has 0 saturated carbocycles. The third kappa shape index (κ3) is 2.71. The molecule has 0 aromatic carbocycles. The Morgan fingerprint density at radius 2 is 2.40 bits per heavy atom. The van der Waals surface area contributed by atoms with Gasteiger partial charge in [0.15, 0.2) is 5.69 Å². The van der Waals surface area contributed by atoms with Crippen LogP contribution in [0.3, 0.4) is 0 Å². The Labute approximate surface area is 118 Å². The maximum atomic E-state index is 12.2. The van der Waals surface area contributed by atoms with E-state index in [4.69, 9.17) is 4.52 Å². The molecule has 2 N–H and O–H groups in total. The van der Waals surface area contributed by atoms with E-state index >= 15 is 0 Å². The predicted molar refractivity (Wildman–Crippen MR) is 72.2 cm³/mol. The third-order valence-electron chi connectivity index (χ3n) is 4.18. The second-order valence-corrected chi connectivity index (χ2v) is 5.61. The van der Waals surface area contributed by atoms with Gasteiger partial charge in [-0.1, -0.05) is 18.5 Å². The fourth-order valence-electron chi connectivity index (χ4n) is 2.88. The van der Waals surface area contributed by atoms with E-state index in [1.165, 1.54) is 0 Å². The second-order valence-electron chi connectivity index (χ2n) is 5.61. The molecule has 1 amide bonds. The Hall–Kier alpha value is -1.40. The highest BCUT2D eigenvalue weighted by Crippen LogP contribution is 2.36. The van der Waals surface area contributed by atoms with E-state index in [0.29, 0.717) is 18.7 Å². The number of hydrogen-bond acceptors (Lipinski definition) is 5. The molecular weight excluding hydrogens is 260 g/mol. The van der Waals surface area contributed by atoms with E-state index < -0.39 is 11.5 Å². The molecule has 2 atom stereocenters. The molecule has 0 spiro atoms. The zero-order valence-electron chi connectivity index (χ0n) is 12.0. The Kier molecular flexibility index (Phi) is 4.45. The zero-order valence-corrected chi connectivity index (χ0v) is 12.0. The fraction of sp³-hybridized carbons (Fsp3) is 0.714. The number of aryl methyl sites for hydroxylation is 1. The molecule has 1 aliphatic heterocycles. The van der Waals surface area contributed by atoms with Crippen molar-refractivity contribution in [3.8, 4) is 0 Å². The molecule has 20 heavy (non-hydrogen) atoms. The first kappa shape index (κ1) is 15.0. The van der Waals surface area contributed by atoms with Crippen molar-refractivity contribution in [3.05, 3.63) is 17.5 Å². The number of carbonyl (C=O) groups is 1. The second kappa shape index (κ2) is 5.93. The van der Waals surface area contributed by atoms with Gasteiger partial charge in [0, 0.05) is 24.6 Å². The summed E-state index contributed by atoms with van der Waals surface area (Å²) in [6.07, 6.45) is 1.54. The molecule has 0 bridgehead atoms. The molecule has 0 aliphatic carbocycles. The summed E-state index contributed by atoms with van der Waals surface area (Å²) in [5.41, 5.74) is -0.215. The van der Waals surface area contributed by atoms with Crippen LogP contribution in [0, 0.1) is 12.3 Å². The number of β-amino-alcohol motifs (C(OH)–C–C–N with tert-alkyl or cyclic N) is 1. The van der Waals surface area contributed by atoms with E-state index in [9.17, 15) is 15.0 Å². The first-order valence-electron chi connectivity index (χ1n) is 7.04. The van der Waals surface area contributed by atoms with Gasteiger partial charge in [-0.05, 0) is 19.8 Å². The molecule has 2 heterocycles. The molecule has 6 heteroatoms. The Balaban J connectivity index is 2.07. The number of nitrogens with zero attached hydrogens (tertiary/aromatic N) is 2. The summed E-state index contributed by atoms with van der Waals surface area (Å²) in [5, 5.41) is 23.6. The molecule has 1 aliphatic rings. The van der Waals surface area contributed by atoms with Gasteiger partial charge in [-0.2, -0.15) is 0 Å². The number of carbonyl (C=O) groups excluding carboxylic acids is 1. The number of piperidine rings is 1. The third-order valence-corrected chi connectivity index (χ3v) is 4.18. The summed E-state index contributed by atoms with van der Waals surface area (Å²) in [4.78, 5) is 13.8. The average molecular weight is 282 g/mol. The van der Waals surface area contributed by atoms with Crippen molar-refractivity contribution < 1.29 is 19.5 Å². The van der Waals surface area contributed by atoms with Gasteiger partial charge in [-0.25, -0.2) is 0 Å². The molecule has 1 aromatic heterocycles. The maximum Gasteiger partial charge on any atom is 0.276 e. The average Bonchev–Trinajstić information content (AvgIpc) is 2.87. The van der Waals surface area contributed by atoms with Gasteiger partial charge in [-0.15, -0.1) is 0 Å². The lowest BCUT2D eigenvalue weighted by Gasteiger charge is -2.44. The number of aliphatic hydroxyl groups is 2.